The smallest absolute Gasteiger partial charge is 0.383 e. The van der Waals surface area contributed by atoms with Crippen molar-refractivity contribution in [3.05, 3.63) is 29.6 Å². The van der Waals surface area contributed by atoms with Gasteiger partial charge in [0.1, 0.15) is 5.82 Å². The van der Waals surface area contributed by atoms with Crippen LogP contribution in [0.2, 0.25) is 0 Å². The van der Waals surface area contributed by atoms with E-state index in [9.17, 15) is 17.6 Å². The van der Waals surface area contributed by atoms with Crippen molar-refractivity contribution in [2.45, 2.75) is 13.1 Å². The highest BCUT2D eigenvalue weighted by atomic mass is 19.4. The van der Waals surface area contributed by atoms with Crippen molar-refractivity contribution in [3.8, 4) is 6.07 Å². The van der Waals surface area contributed by atoms with Crippen LogP contribution in [0.5, 0.6) is 0 Å². The van der Waals surface area contributed by atoms with Crippen LogP contribution in [-0.4, -0.2) is 12.7 Å². The number of hydrogen-bond acceptors (Lipinski definition) is 2. The number of nitriles is 1. The second-order valence-corrected chi connectivity index (χ2v) is 3.52. The first-order chi connectivity index (χ1) is 7.86. The zero-order valence-corrected chi connectivity index (χ0v) is 8.98. The summed E-state index contributed by atoms with van der Waals surface area (Å²) in [5, 5.41) is 10.8. The van der Waals surface area contributed by atoms with Crippen molar-refractivity contribution in [1.29, 1.82) is 5.26 Å². The summed E-state index contributed by atoms with van der Waals surface area (Å²) in [7, 11) is 0. The molecule has 92 valence electrons. The molecule has 0 aliphatic heterocycles. The first-order valence-corrected chi connectivity index (χ1v) is 4.81. The van der Waals surface area contributed by atoms with Gasteiger partial charge in [0.15, 0.2) is 5.92 Å². The molecule has 6 heteroatoms. The van der Waals surface area contributed by atoms with Crippen LogP contribution >= 0.6 is 0 Å². The molecular formula is C11H10F4N2. The van der Waals surface area contributed by atoms with Gasteiger partial charge in [-0.1, -0.05) is 6.07 Å². The maximum Gasteiger partial charge on any atom is 0.406 e. The highest BCUT2D eigenvalue weighted by molar-refractivity contribution is 5.51. The van der Waals surface area contributed by atoms with Gasteiger partial charge in [0.05, 0.1) is 6.07 Å². The van der Waals surface area contributed by atoms with Crippen LogP contribution in [-0.2, 0) is 0 Å². The van der Waals surface area contributed by atoms with Crippen molar-refractivity contribution >= 4 is 5.69 Å². The van der Waals surface area contributed by atoms with Gasteiger partial charge in [-0.25, -0.2) is 4.39 Å². The predicted octanol–water partition coefficient (Wildman–Crippen LogP) is 3.25. The molecule has 0 fully saturated rings. The molecule has 0 aromatic heterocycles. The predicted molar refractivity (Wildman–Crippen MR) is 54.8 cm³/mol. The summed E-state index contributed by atoms with van der Waals surface area (Å²) in [6.07, 6.45) is -4.58. The molecule has 0 radical (unpaired) electrons. The molecule has 1 atom stereocenters. The number of halogens is 4. The van der Waals surface area contributed by atoms with Gasteiger partial charge < -0.3 is 5.32 Å². The molecule has 2 nitrogen and oxygen atoms in total. The van der Waals surface area contributed by atoms with E-state index in [4.69, 9.17) is 5.26 Å². The summed E-state index contributed by atoms with van der Waals surface area (Å²) in [5.41, 5.74) is 0.487. The van der Waals surface area contributed by atoms with Crippen molar-refractivity contribution in [2.24, 2.45) is 5.92 Å². The van der Waals surface area contributed by atoms with Gasteiger partial charge in [0.25, 0.3) is 0 Å². The SMILES string of the molecule is Cc1c(F)cccc1NCC(C#N)C(F)(F)F. The summed E-state index contributed by atoms with van der Waals surface area (Å²) in [4.78, 5) is 0. The minimum absolute atomic E-state index is 0.228. The van der Waals surface area contributed by atoms with E-state index in [-0.39, 0.29) is 11.3 Å². The molecule has 0 spiro atoms. The first kappa shape index (κ1) is 13.3. The maximum atomic E-state index is 13.1. The number of anilines is 1. The lowest BCUT2D eigenvalue weighted by Gasteiger charge is -2.15. The summed E-state index contributed by atoms with van der Waals surface area (Å²) in [6, 6.07) is 5.23. The van der Waals surface area contributed by atoms with Gasteiger partial charge in [-0.3, -0.25) is 0 Å². The zero-order chi connectivity index (χ0) is 13.1. The molecule has 1 N–H and O–H groups in total. The Bertz CT molecular complexity index is 434. The van der Waals surface area contributed by atoms with Crippen LogP contribution in [0.3, 0.4) is 0 Å². The molecule has 0 aliphatic carbocycles. The topological polar surface area (TPSA) is 35.8 Å². The normalized spacial score (nSPS) is 12.9. The van der Waals surface area contributed by atoms with Crippen LogP contribution in [0.1, 0.15) is 5.56 Å². The molecule has 0 saturated heterocycles. The van der Waals surface area contributed by atoms with Gasteiger partial charge in [-0.05, 0) is 19.1 Å². The Morgan fingerprint density at radius 2 is 2.06 bits per heavy atom. The number of alkyl halides is 3. The van der Waals surface area contributed by atoms with E-state index in [1.807, 2.05) is 0 Å². The third-order valence-electron chi connectivity index (χ3n) is 2.32. The molecule has 0 aliphatic rings. The molecule has 0 amide bonds. The largest absolute Gasteiger partial charge is 0.406 e. The van der Waals surface area contributed by atoms with Gasteiger partial charge in [0, 0.05) is 17.8 Å². The number of nitrogens with zero attached hydrogens (tertiary/aromatic N) is 1. The number of rotatable bonds is 3. The molecule has 1 aromatic carbocycles. The fourth-order valence-corrected chi connectivity index (χ4v) is 1.25. The third-order valence-corrected chi connectivity index (χ3v) is 2.32. The Morgan fingerprint density at radius 3 is 2.59 bits per heavy atom. The summed E-state index contributed by atoms with van der Waals surface area (Å²) in [5.74, 6) is -2.61. The average Bonchev–Trinajstić information content (AvgIpc) is 2.23. The number of nitrogens with one attached hydrogen (secondary N) is 1. The summed E-state index contributed by atoms with van der Waals surface area (Å²) < 4.78 is 49.9. The van der Waals surface area contributed by atoms with Gasteiger partial charge in [0.2, 0.25) is 0 Å². The Balaban J connectivity index is 2.74. The fraction of sp³-hybridized carbons (Fsp3) is 0.364. The minimum Gasteiger partial charge on any atom is -0.383 e. The Morgan fingerprint density at radius 1 is 1.41 bits per heavy atom. The lowest BCUT2D eigenvalue weighted by Crippen LogP contribution is -2.28. The highest BCUT2D eigenvalue weighted by Crippen LogP contribution is 2.26. The van der Waals surface area contributed by atoms with E-state index in [1.165, 1.54) is 31.2 Å². The fourth-order valence-electron chi connectivity index (χ4n) is 1.25. The lowest BCUT2D eigenvalue weighted by atomic mass is 10.1. The monoisotopic (exact) mass is 246 g/mol. The molecule has 1 unspecified atom stereocenters. The second kappa shape index (κ2) is 5.04. The van der Waals surface area contributed by atoms with Gasteiger partial charge >= 0.3 is 6.18 Å². The van der Waals surface area contributed by atoms with Gasteiger partial charge in [-0.2, -0.15) is 18.4 Å². The third kappa shape index (κ3) is 3.34. The Hall–Kier alpha value is -1.77. The molecule has 0 heterocycles. The van der Waals surface area contributed by atoms with E-state index in [0.717, 1.165) is 0 Å². The highest BCUT2D eigenvalue weighted by Gasteiger charge is 2.39. The van der Waals surface area contributed by atoms with Crippen LogP contribution in [0.25, 0.3) is 0 Å². The van der Waals surface area contributed by atoms with Crippen LogP contribution < -0.4 is 5.32 Å². The zero-order valence-electron chi connectivity index (χ0n) is 8.98. The molecule has 0 bridgehead atoms. The van der Waals surface area contributed by atoms with Crippen LogP contribution in [0, 0.1) is 30.0 Å². The van der Waals surface area contributed by atoms with Crippen LogP contribution in [0.4, 0.5) is 23.2 Å². The summed E-state index contributed by atoms with van der Waals surface area (Å²) >= 11 is 0. The molecule has 1 rings (SSSR count). The van der Waals surface area contributed by atoms with Gasteiger partial charge in [-0.15, -0.1) is 0 Å². The average molecular weight is 246 g/mol. The van der Waals surface area contributed by atoms with Crippen LogP contribution in [0.15, 0.2) is 18.2 Å². The number of benzene rings is 1. The standard InChI is InChI=1S/C11H10F4N2/c1-7-9(12)3-2-4-10(7)17-6-8(5-16)11(13,14)15/h2-4,8,17H,6H2,1H3. The Kier molecular flexibility index (Phi) is 3.94. The molecule has 1 aromatic rings. The lowest BCUT2D eigenvalue weighted by molar-refractivity contribution is -0.155. The quantitative estimate of drug-likeness (QED) is 0.831. The minimum atomic E-state index is -4.58. The first-order valence-electron chi connectivity index (χ1n) is 4.81. The summed E-state index contributed by atoms with van der Waals surface area (Å²) in [6.45, 7) is 0.858. The number of hydrogen-bond donors (Lipinski definition) is 1. The maximum absolute atomic E-state index is 13.1. The van der Waals surface area contributed by atoms with E-state index in [2.05, 4.69) is 5.32 Å². The van der Waals surface area contributed by atoms with E-state index >= 15 is 0 Å². The van der Waals surface area contributed by atoms with E-state index in [1.54, 1.807) is 0 Å². The van der Waals surface area contributed by atoms with Crippen molar-refractivity contribution in [2.75, 3.05) is 11.9 Å². The second-order valence-electron chi connectivity index (χ2n) is 3.52. The van der Waals surface area contributed by atoms with Crippen molar-refractivity contribution in [1.82, 2.24) is 0 Å². The molecular weight excluding hydrogens is 236 g/mol. The van der Waals surface area contributed by atoms with Crippen molar-refractivity contribution < 1.29 is 17.6 Å². The molecule has 17 heavy (non-hydrogen) atoms. The van der Waals surface area contributed by atoms with E-state index in [0.29, 0.717) is 0 Å². The molecule has 0 saturated carbocycles. The Labute approximate surface area is 95.9 Å². The van der Waals surface area contributed by atoms with E-state index < -0.39 is 24.5 Å². The van der Waals surface area contributed by atoms with Crippen molar-refractivity contribution in [3.63, 3.8) is 0 Å².